The number of carbonyl (C=O) groups is 2. The van der Waals surface area contributed by atoms with Crippen LogP contribution in [-0.4, -0.2) is 34.2 Å². The van der Waals surface area contributed by atoms with Gasteiger partial charge in [0.15, 0.2) is 5.78 Å². The van der Waals surface area contributed by atoms with E-state index in [4.69, 9.17) is 4.74 Å². The first kappa shape index (κ1) is 24.5. The quantitative estimate of drug-likeness (QED) is 0.252. The lowest BCUT2D eigenvalue weighted by molar-refractivity contribution is 0.0920. The number of ether oxygens (including phenoxy) is 1. The molecule has 1 aliphatic rings. The highest BCUT2D eigenvalue weighted by atomic mass is 16.5. The Morgan fingerprint density at radius 1 is 0.872 bits per heavy atom. The van der Waals surface area contributed by atoms with Gasteiger partial charge in [-0.25, -0.2) is 4.79 Å². The van der Waals surface area contributed by atoms with Crippen molar-refractivity contribution in [2.75, 3.05) is 6.61 Å². The summed E-state index contributed by atoms with van der Waals surface area (Å²) in [5, 5.41) is 13.4. The number of Topliss-reactive ketones (excluding diaryl/α,β-unsaturated/α-hetero) is 1. The van der Waals surface area contributed by atoms with E-state index in [0.717, 1.165) is 38.7 Å². The van der Waals surface area contributed by atoms with Crippen LogP contribution in [0.4, 0.5) is 4.79 Å². The molecule has 5 aromatic rings. The molecule has 0 saturated carbocycles. The van der Waals surface area contributed by atoms with E-state index in [1.165, 1.54) is 0 Å². The Labute approximate surface area is 226 Å². The number of alkyl carbamates (subject to hydrolysis) is 1. The van der Waals surface area contributed by atoms with Crippen LogP contribution in [0.3, 0.4) is 0 Å². The maximum Gasteiger partial charge on any atom is 0.407 e. The third-order valence-corrected chi connectivity index (χ3v) is 7.49. The number of phenols is 1. The zero-order chi connectivity index (χ0) is 26.9. The molecule has 0 fully saturated rings. The second-order valence-corrected chi connectivity index (χ2v) is 9.93. The van der Waals surface area contributed by atoms with Crippen LogP contribution in [0.25, 0.3) is 22.0 Å². The maximum absolute atomic E-state index is 13.8. The number of aromatic nitrogens is 1. The van der Waals surface area contributed by atoms with Crippen LogP contribution in [-0.2, 0) is 18.2 Å². The van der Waals surface area contributed by atoms with Crippen molar-refractivity contribution >= 4 is 22.8 Å². The summed E-state index contributed by atoms with van der Waals surface area (Å²) in [7, 11) is 1.90. The number of hydrogen-bond acceptors (Lipinski definition) is 4. The smallest absolute Gasteiger partial charge is 0.407 e. The van der Waals surface area contributed by atoms with Gasteiger partial charge in [0.05, 0.1) is 6.04 Å². The molecular weight excluding hydrogens is 488 g/mol. The molecule has 6 nitrogen and oxygen atoms in total. The third kappa shape index (κ3) is 4.66. The molecule has 0 unspecified atom stereocenters. The van der Waals surface area contributed by atoms with Gasteiger partial charge in [0, 0.05) is 42.0 Å². The van der Waals surface area contributed by atoms with Gasteiger partial charge in [-0.05, 0) is 46.0 Å². The van der Waals surface area contributed by atoms with Gasteiger partial charge in [-0.2, -0.15) is 0 Å². The first-order valence-electron chi connectivity index (χ1n) is 13.0. The van der Waals surface area contributed by atoms with Crippen molar-refractivity contribution in [1.82, 2.24) is 9.88 Å². The van der Waals surface area contributed by atoms with Crippen LogP contribution < -0.4 is 5.32 Å². The first-order valence-corrected chi connectivity index (χ1v) is 13.0. The van der Waals surface area contributed by atoms with Gasteiger partial charge in [0.1, 0.15) is 12.4 Å². The number of aromatic hydroxyl groups is 1. The number of nitrogens with one attached hydrogen (secondary N) is 1. The Kier molecular flexibility index (Phi) is 6.37. The Hall–Kier alpha value is -4.84. The number of phenolic OH excluding ortho intramolecular Hbond substituents is 1. The van der Waals surface area contributed by atoms with Crippen molar-refractivity contribution < 1.29 is 19.4 Å². The van der Waals surface area contributed by atoms with Gasteiger partial charge < -0.3 is 19.7 Å². The fourth-order valence-corrected chi connectivity index (χ4v) is 5.59. The molecule has 1 amide bonds. The second-order valence-electron chi connectivity index (χ2n) is 9.93. The van der Waals surface area contributed by atoms with Gasteiger partial charge in [-0.15, -0.1) is 0 Å². The van der Waals surface area contributed by atoms with E-state index in [1.54, 1.807) is 30.5 Å². The molecule has 0 radical (unpaired) electrons. The van der Waals surface area contributed by atoms with E-state index in [1.807, 2.05) is 60.1 Å². The van der Waals surface area contributed by atoms with Crippen LogP contribution in [0.15, 0.2) is 103 Å². The number of hydrogen-bond donors (Lipinski definition) is 2. The van der Waals surface area contributed by atoms with E-state index >= 15 is 0 Å². The summed E-state index contributed by atoms with van der Waals surface area (Å²) < 4.78 is 7.67. The van der Waals surface area contributed by atoms with Crippen molar-refractivity contribution in [1.29, 1.82) is 0 Å². The molecule has 6 rings (SSSR count). The Morgan fingerprint density at radius 3 is 2.18 bits per heavy atom. The summed E-state index contributed by atoms with van der Waals surface area (Å²) in [6.45, 7) is 0.161. The van der Waals surface area contributed by atoms with Gasteiger partial charge in [-0.1, -0.05) is 78.9 Å². The normalized spacial score (nSPS) is 13.1. The fraction of sp³-hybridized carbons (Fsp3) is 0.152. The monoisotopic (exact) mass is 516 g/mol. The highest BCUT2D eigenvalue weighted by Crippen LogP contribution is 2.44. The van der Waals surface area contributed by atoms with Gasteiger partial charge in [0.25, 0.3) is 0 Å². The lowest BCUT2D eigenvalue weighted by Gasteiger charge is -2.19. The second kappa shape index (κ2) is 10.1. The van der Waals surface area contributed by atoms with Crippen molar-refractivity contribution in [3.8, 4) is 16.9 Å². The number of benzene rings is 4. The Bertz CT molecular complexity index is 1640. The van der Waals surface area contributed by atoms with E-state index < -0.39 is 12.1 Å². The Balaban J connectivity index is 1.24. The van der Waals surface area contributed by atoms with Crippen LogP contribution >= 0.6 is 0 Å². The number of para-hydroxylation sites is 1. The van der Waals surface area contributed by atoms with Crippen molar-refractivity contribution in [2.45, 2.75) is 18.4 Å². The predicted octanol–water partition coefficient (Wildman–Crippen LogP) is 6.22. The van der Waals surface area contributed by atoms with Crippen LogP contribution in [0.1, 0.15) is 33.0 Å². The van der Waals surface area contributed by atoms with E-state index in [9.17, 15) is 14.7 Å². The minimum absolute atomic E-state index is 0.0764. The summed E-state index contributed by atoms with van der Waals surface area (Å²) in [6, 6.07) is 29.8. The molecule has 194 valence electrons. The lowest BCUT2D eigenvalue weighted by atomic mass is 9.97. The van der Waals surface area contributed by atoms with Gasteiger partial charge >= 0.3 is 6.09 Å². The van der Waals surface area contributed by atoms with Crippen molar-refractivity contribution in [2.24, 2.45) is 7.05 Å². The number of aryl methyl sites for hydroxylation is 1. The summed E-state index contributed by atoms with van der Waals surface area (Å²) in [5.74, 6) is -0.138. The molecule has 0 aliphatic heterocycles. The predicted molar refractivity (Wildman–Crippen MR) is 151 cm³/mol. The zero-order valence-electron chi connectivity index (χ0n) is 21.5. The fourth-order valence-electron chi connectivity index (χ4n) is 5.59. The molecule has 1 heterocycles. The number of fused-ring (bicyclic) bond motifs is 4. The van der Waals surface area contributed by atoms with Gasteiger partial charge in [0.2, 0.25) is 0 Å². The summed E-state index contributed by atoms with van der Waals surface area (Å²) in [5.41, 5.74) is 6.83. The topological polar surface area (TPSA) is 80.6 Å². The van der Waals surface area contributed by atoms with E-state index in [2.05, 4.69) is 29.6 Å². The minimum atomic E-state index is -0.851. The molecule has 39 heavy (non-hydrogen) atoms. The van der Waals surface area contributed by atoms with Crippen LogP contribution in [0.2, 0.25) is 0 Å². The first-order chi connectivity index (χ1) is 19.0. The zero-order valence-corrected chi connectivity index (χ0v) is 21.5. The molecule has 1 aliphatic carbocycles. The number of amides is 1. The van der Waals surface area contributed by atoms with Crippen molar-refractivity contribution in [3.63, 3.8) is 0 Å². The van der Waals surface area contributed by atoms with Gasteiger partial charge in [-0.3, -0.25) is 4.79 Å². The molecule has 4 aromatic carbocycles. The van der Waals surface area contributed by atoms with E-state index in [0.29, 0.717) is 5.56 Å². The average molecular weight is 517 g/mol. The molecule has 0 saturated heterocycles. The Morgan fingerprint density at radius 2 is 1.49 bits per heavy atom. The van der Waals surface area contributed by atoms with E-state index in [-0.39, 0.29) is 30.5 Å². The van der Waals surface area contributed by atoms with Crippen molar-refractivity contribution in [3.05, 3.63) is 126 Å². The maximum atomic E-state index is 13.8. The molecule has 0 bridgehead atoms. The molecule has 1 aromatic heterocycles. The number of nitrogens with zero attached hydrogens (tertiary/aromatic N) is 1. The molecular formula is C33H28N2O4. The minimum Gasteiger partial charge on any atom is -0.508 e. The summed E-state index contributed by atoms with van der Waals surface area (Å²) >= 11 is 0. The highest BCUT2D eigenvalue weighted by Gasteiger charge is 2.30. The van der Waals surface area contributed by atoms with Crippen LogP contribution in [0, 0.1) is 0 Å². The number of rotatable bonds is 7. The molecule has 1 atom stereocenters. The summed E-state index contributed by atoms with van der Waals surface area (Å²) in [4.78, 5) is 27.0. The van der Waals surface area contributed by atoms with Crippen LogP contribution in [0.5, 0.6) is 5.75 Å². The third-order valence-electron chi connectivity index (χ3n) is 7.49. The molecule has 2 N–H and O–H groups in total. The highest BCUT2D eigenvalue weighted by molar-refractivity contribution is 6.11. The lowest BCUT2D eigenvalue weighted by Crippen LogP contribution is -2.43. The largest absolute Gasteiger partial charge is 0.508 e. The number of ketones is 1. The standard InChI is InChI=1S/C33H28N2O4/c1-35-19-28(27-12-6-7-13-31(27)35)32(37)30(18-21-14-16-22(36)17-15-21)34-33(38)39-20-29-25-10-4-2-8-23(25)24-9-3-5-11-26(24)29/h2-17,19,29-30,36H,18,20H2,1H3,(H,34,38)/t30-/m0/s1. The molecule has 6 heteroatoms. The average Bonchev–Trinajstić information content (AvgIpc) is 3.47. The number of carbonyl (C=O) groups excluding carboxylic acids is 2. The SMILES string of the molecule is Cn1cc(C(=O)[C@H](Cc2ccc(O)cc2)NC(=O)OCC2c3ccccc3-c3ccccc32)c2ccccc21. The summed E-state index contributed by atoms with van der Waals surface area (Å²) in [6.07, 6.45) is 1.41. The molecule has 0 spiro atoms.